The van der Waals surface area contributed by atoms with Gasteiger partial charge >= 0.3 is 0 Å². The smallest absolute Gasteiger partial charge is 0.0654 e. The van der Waals surface area contributed by atoms with E-state index in [1.165, 1.54) is 0 Å². The average Bonchev–Trinajstić information content (AvgIpc) is 1.61. The third-order valence-corrected chi connectivity index (χ3v) is 2.17. The molecule has 0 bridgehead atoms. The molecule has 0 aromatic rings. The minimum Gasteiger partial charge on any atom is -0.390 e. The van der Waals surface area contributed by atoms with Gasteiger partial charge in [0.1, 0.15) is 0 Å². The highest BCUT2D eigenvalue weighted by atomic mass is 16.3. The summed E-state index contributed by atoms with van der Waals surface area (Å²) in [6.45, 7) is 3.91. The summed E-state index contributed by atoms with van der Waals surface area (Å²) in [7, 11) is 0. The highest BCUT2D eigenvalue weighted by Gasteiger charge is 2.46. The highest BCUT2D eigenvalue weighted by Crippen LogP contribution is 2.40. The van der Waals surface area contributed by atoms with Crippen molar-refractivity contribution in [1.29, 1.82) is 0 Å². The number of nitrogens with two attached hydrogens (primary N) is 1. The number of hydrogen-bond donors (Lipinski definition) is 2. The maximum atomic E-state index is 9.30. The molecule has 0 unspecified atom stereocenters. The average molecular weight is 129 g/mol. The van der Waals surface area contributed by atoms with Crippen molar-refractivity contribution in [1.82, 2.24) is 0 Å². The molecule has 3 N–H and O–H groups in total. The molecule has 9 heavy (non-hydrogen) atoms. The largest absolute Gasteiger partial charge is 0.390 e. The maximum absolute atomic E-state index is 9.30. The van der Waals surface area contributed by atoms with Crippen LogP contribution >= 0.6 is 0 Å². The van der Waals surface area contributed by atoms with Crippen LogP contribution in [0.4, 0.5) is 0 Å². The molecule has 0 spiro atoms. The number of hydrogen-bond acceptors (Lipinski definition) is 2. The van der Waals surface area contributed by atoms with E-state index in [9.17, 15) is 5.11 Å². The Labute approximate surface area is 56.1 Å². The molecular weight excluding hydrogens is 114 g/mol. The number of aliphatic hydroxyl groups is 1. The first kappa shape index (κ1) is 7.03. The van der Waals surface area contributed by atoms with Crippen LogP contribution in [0.5, 0.6) is 0 Å². The van der Waals surface area contributed by atoms with Crippen LogP contribution in [-0.4, -0.2) is 16.2 Å². The molecule has 0 atom stereocenters. The Morgan fingerprint density at radius 1 is 1.56 bits per heavy atom. The van der Waals surface area contributed by atoms with Crippen LogP contribution < -0.4 is 5.73 Å². The van der Waals surface area contributed by atoms with Crippen LogP contribution in [0.3, 0.4) is 0 Å². The summed E-state index contributed by atoms with van der Waals surface area (Å²) in [5, 5.41) is 9.30. The molecule has 1 aliphatic carbocycles. The molecule has 0 amide bonds. The Balaban J connectivity index is 2.41. The zero-order valence-electron chi connectivity index (χ0n) is 6.15. The van der Waals surface area contributed by atoms with Gasteiger partial charge in [0, 0.05) is 5.54 Å². The van der Waals surface area contributed by atoms with E-state index < -0.39 is 5.60 Å². The van der Waals surface area contributed by atoms with Crippen molar-refractivity contribution >= 4 is 0 Å². The Morgan fingerprint density at radius 3 is 2.11 bits per heavy atom. The molecule has 1 saturated carbocycles. The van der Waals surface area contributed by atoms with Gasteiger partial charge < -0.3 is 10.8 Å². The van der Waals surface area contributed by atoms with Crippen molar-refractivity contribution < 1.29 is 5.11 Å². The van der Waals surface area contributed by atoms with Crippen molar-refractivity contribution in [2.75, 3.05) is 0 Å². The predicted octanol–water partition coefficient (Wildman–Crippen LogP) is 0.639. The molecule has 2 heteroatoms. The van der Waals surface area contributed by atoms with Gasteiger partial charge in [0.15, 0.2) is 0 Å². The fourth-order valence-corrected chi connectivity index (χ4v) is 1.72. The molecule has 0 aromatic carbocycles. The van der Waals surface area contributed by atoms with Crippen molar-refractivity contribution in [2.24, 2.45) is 5.73 Å². The van der Waals surface area contributed by atoms with Gasteiger partial charge in [0.2, 0.25) is 0 Å². The van der Waals surface area contributed by atoms with E-state index in [-0.39, 0.29) is 5.54 Å². The van der Waals surface area contributed by atoms with Crippen LogP contribution in [-0.2, 0) is 0 Å². The Morgan fingerprint density at radius 2 is 2.00 bits per heavy atom. The molecule has 0 saturated heterocycles. The lowest BCUT2D eigenvalue weighted by atomic mass is 9.65. The fourth-order valence-electron chi connectivity index (χ4n) is 1.72. The molecule has 1 fully saturated rings. The quantitative estimate of drug-likeness (QED) is 0.545. The summed E-state index contributed by atoms with van der Waals surface area (Å²) in [5.74, 6) is 0. The first-order chi connectivity index (χ1) is 3.97. The molecule has 1 rings (SSSR count). The first-order valence-corrected chi connectivity index (χ1v) is 3.49. The SMILES string of the molecule is CCC1(N)CC(C)(O)C1. The standard InChI is InChI=1S/C7H15NO/c1-3-7(8)4-6(2,9)5-7/h9H,3-5,8H2,1-2H3. The van der Waals surface area contributed by atoms with Crippen LogP contribution in [0.2, 0.25) is 0 Å². The minimum atomic E-state index is -0.468. The Kier molecular flexibility index (Phi) is 1.33. The topological polar surface area (TPSA) is 46.2 Å². The summed E-state index contributed by atoms with van der Waals surface area (Å²) in [6.07, 6.45) is 2.50. The van der Waals surface area contributed by atoms with Crippen LogP contribution in [0.1, 0.15) is 33.1 Å². The molecule has 0 radical (unpaired) electrons. The third kappa shape index (κ3) is 1.25. The van der Waals surface area contributed by atoms with Crippen molar-refractivity contribution in [3.8, 4) is 0 Å². The third-order valence-electron chi connectivity index (χ3n) is 2.17. The Hall–Kier alpha value is -0.0800. The number of rotatable bonds is 1. The summed E-state index contributed by atoms with van der Waals surface area (Å²) in [4.78, 5) is 0. The van der Waals surface area contributed by atoms with E-state index in [1.54, 1.807) is 0 Å². The molecule has 0 aromatic heterocycles. The Bertz CT molecular complexity index is 112. The zero-order chi connectivity index (χ0) is 7.12. The molecule has 1 aliphatic rings. The molecular formula is C7H15NO. The van der Waals surface area contributed by atoms with Gasteiger partial charge in [-0.05, 0) is 26.2 Å². The molecule has 0 heterocycles. The summed E-state index contributed by atoms with van der Waals surface area (Å²) in [6, 6.07) is 0. The normalized spacial score (nSPS) is 50.7. The highest BCUT2D eigenvalue weighted by molar-refractivity contribution is 5.05. The second-order valence-electron chi connectivity index (χ2n) is 3.57. The monoisotopic (exact) mass is 129 g/mol. The van der Waals surface area contributed by atoms with Crippen molar-refractivity contribution in [3.63, 3.8) is 0 Å². The van der Waals surface area contributed by atoms with E-state index in [2.05, 4.69) is 6.92 Å². The molecule has 54 valence electrons. The fraction of sp³-hybridized carbons (Fsp3) is 1.00. The van der Waals surface area contributed by atoms with Crippen LogP contribution in [0.25, 0.3) is 0 Å². The van der Waals surface area contributed by atoms with Crippen LogP contribution in [0, 0.1) is 0 Å². The van der Waals surface area contributed by atoms with Gasteiger partial charge in [-0.2, -0.15) is 0 Å². The zero-order valence-corrected chi connectivity index (χ0v) is 6.15. The molecule has 0 aliphatic heterocycles. The lowest BCUT2D eigenvalue weighted by Crippen LogP contribution is -2.60. The van der Waals surface area contributed by atoms with Gasteiger partial charge in [-0.15, -0.1) is 0 Å². The summed E-state index contributed by atoms with van der Waals surface area (Å²) in [5.41, 5.74) is 5.30. The second kappa shape index (κ2) is 1.70. The minimum absolute atomic E-state index is 0.0521. The van der Waals surface area contributed by atoms with Gasteiger partial charge in [-0.3, -0.25) is 0 Å². The van der Waals surface area contributed by atoms with Crippen molar-refractivity contribution in [3.05, 3.63) is 0 Å². The first-order valence-electron chi connectivity index (χ1n) is 3.49. The lowest BCUT2D eigenvalue weighted by Gasteiger charge is -2.49. The molecule has 2 nitrogen and oxygen atoms in total. The predicted molar refractivity (Wildman–Crippen MR) is 37.1 cm³/mol. The van der Waals surface area contributed by atoms with Gasteiger partial charge in [-0.25, -0.2) is 0 Å². The van der Waals surface area contributed by atoms with Gasteiger partial charge in [0.05, 0.1) is 5.60 Å². The van der Waals surface area contributed by atoms with E-state index in [4.69, 9.17) is 5.73 Å². The van der Waals surface area contributed by atoms with E-state index >= 15 is 0 Å². The maximum Gasteiger partial charge on any atom is 0.0654 e. The van der Waals surface area contributed by atoms with Crippen LogP contribution in [0.15, 0.2) is 0 Å². The second-order valence-corrected chi connectivity index (χ2v) is 3.57. The summed E-state index contributed by atoms with van der Waals surface area (Å²) < 4.78 is 0. The van der Waals surface area contributed by atoms with E-state index in [1.807, 2.05) is 6.92 Å². The summed E-state index contributed by atoms with van der Waals surface area (Å²) >= 11 is 0. The van der Waals surface area contributed by atoms with Crippen molar-refractivity contribution in [2.45, 2.75) is 44.2 Å². The van der Waals surface area contributed by atoms with Gasteiger partial charge in [-0.1, -0.05) is 6.92 Å². The van der Waals surface area contributed by atoms with E-state index in [0.29, 0.717) is 0 Å². The van der Waals surface area contributed by atoms with E-state index in [0.717, 1.165) is 19.3 Å². The van der Waals surface area contributed by atoms with Gasteiger partial charge in [0.25, 0.3) is 0 Å². The lowest BCUT2D eigenvalue weighted by molar-refractivity contribution is -0.0721.